The third-order valence-electron chi connectivity index (χ3n) is 5.53. The second kappa shape index (κ2) is 11.8. The lowest BCUT2D eigenvalue weighted by Crippen LogP contribution is -2.56. The molecule has 0 spiro atoms. The van der Waals surface area contributed by atoms with Crippen LogP contribution in [-0.4, -0.2) is 58.7 Å². The number of aliphatic carboxylic acids is 1. The summed E-state index contributed by atoms with van der Waals surface area (Å²) in [6.45, 7) is 4.59. The maximum absolute atomic E-state index is 13.3. The standard InChI is InChI=1S/C23H29N3O8S/c1-5-33-20(27)16-13(3)25-19(23(24,22(29)30)11-12-35-4)18(21(28)34-6-2)17(16)14-9-7-8-10-15(14)26(31)32/h7-10,17,25H,5-6,11-12,24H2,1-4H3,(H,29,30). The van der Waals surface area contributed by atoms with E-state index in [0.717, 1.165) is 0 Å². The van der Waals surface area contributed by atoms with Crippen LogP contribution in [0.15, 0.2) is 46.8 Å². The summed E-state index contributed by atoms with van der Waals surface area (Å²) in [4.78, 5) is 50.0. The van der Waals surface area contributed by atoms with Crippen LogP contribution >= 0.6 is 11.8 Å². The van der Waals surface area contributed by atoms with Gasteiger partial charge < -0.3 is 25.6 Å². The number of carboxylic acids is 1. The number of nitro groups is 1. The van der Waals surface area contributed by atoms with Crippen LogP contribution in [-0.2, 0) is 23.9 Å². The van der Waals surface area contributed by atoms with E-state index in [1.807, 2.05) is 0 Å². The highest BCUT2D eigenvalue weighted by Crippen LogP contribution is 2.44. The summed E-state index contributed by atoms with van der Waals surface area (Å²) in [6, 6.07) is 5.60. The van der Waals surface area contributed by atoms with Crippen molar-refractivity contribution in [3.8, 4) is 0 Å². The second-order valence-electron chi connectivity index (χ2n) is 7.66. The average molecular weight is 508 g/mol. The first-order valence-corrected chi connectivity index (χ1v) is 12.3. The van der Waals surface area contributed by atoms with Gasteiger partial charge in [0, 0.05) is 17.3 Å². The Hall–Kier alpha value is -3.38. The summed E-state index contributed by atoms with van der Waals surface area (Å²) in [5.41, 5.74) is 3.56. The number of rotatable bonds is 11. The van der Waals surface area contributed by atoms with Gasteiger partial charge in [0.1, 0.15) is 0 Å². The van der Waals surface area contributed by atoms with Crippen LogP contribution in [0, 0.1) is 10.1 Å². The van der Waals surface area contributed by atoms with Crippen LogP contribution < -0.4 is 11.1 Å². The maximum atomic E-state index is 13.3. The molecule has 2 atom stereocenters. The van der Waals surface area contributed by atoms with Crippen molar-refractivity contribution in [1.29, 1.82) is 0 Å². The van der Waals surface area contributed by atoms with Gasteiger partial charge in [0.25, 0.3) is 5.69 Å². The number of thioether (sulfide) groups is 1. The van der Waals surface area contributed by atoms with Gasteiger partial charge in [-0.1, -0.05) is 18.2 Å². The van der Waals surface area contributed by atoms with Crippen LogP contribution in [0.3, 0.4) is 0 Å². The minimum Gasteiger partial charge on any atom is -0.480 e. The summed E-state index contributed by atoms with van der Waals surface area (Å²) >= 11 is 1.36. The number of dihydropyridines is 1. The number of carbonyl (C=O) groups excluding carboxylic acids is 2. The molecule has 35 heavy (non-hydrogen) atoms. The number of nitrogens with one attached hydrogen (secondary N) is 1. The van der Waals surface area contributed by atoms with Gasteiger partial charge in [-0.3, -0.25) is 10.1 Å². The van der Waals surface area contributed by atoms with E-state index in [1.54, 1.807) is 20.1 Å². The molecule has 0 aliphatic carbocycles. The van der Waals surface area contributed by atoms with E-state index >= 15 is 0 Å². The van der Waals surface area contributed by atoms with Crippen LogP contribution in [0.25, 0.3) is 0 Å². The second-order valence-corrected chi connectivity index (χ2v) is 8.65. The van der Waals surface area contributed by atoms with Crippen LogP contribution in [0.2, 0.25) is 0 Å². The molecule has 1 aromatic carbocycles. The molecular formula is C23H29N3O8S. The van der Waals surface area contributed by atoms with E-state index < -0.39 is 34.3 Å². The van der Waals surface area contributed by atoms with Gasteiger partial charge in [-0.2, -0.15) is 11.8 Å². The number of esters is 2. The molecule has 1 aliphatic heterocycles. The molecule has 0 saturated heterocycles. The molecule has 0 bridgehead atoms. The van der Waals surface area contributed by atoms with Gasteiger partial charge in [0.05, 0.1) is 40.9 Å². The molecule has 0 amide bonds. The molecule has 11 nitrogen and oxygen atoms in total. The normalized spacial score (nSPS) is 17.3. The molecule has 0 saturated carbocycles. The molecule has 1 heterocycles. The van der Waals surface area contributed by atoms with Crippen LogP contribution in [0.1, 0.15) is 38.7 Å². The highest BCUT2D eigenvalue weighted by molar-refractivity contribution is 7.98. The molecule has 2 unspecified atom stereocenters. The van der Waals surface area contributed by atoms with Gasteiger partial charge in [-0.15, -0.1) is 0 Å². The molecule has 12 heteroatoms. The minimum atomic E-state index is -2.08. The molecule has 0 radical (unpaired) electrons. The molecular weight excluding hydrogens is 478 g/mol. The maximum Gasteiger partial charge on any atom is 0.336 e. The Balaban J connectivity index is 3.01. The number of nitro benzene ring substituents is 1. The van der Waals surface area contributed by atoms with Gasteiger partial charge in [-0.25, -0.2) is 14.4 Å². The first-order valence-electron chi connectivity index (χ1n) is 10.9. The molecule has 1 aliphatic rings. The third kappa shape index (κ3) is 5.65. The number of hydrogen-bond donors (Lipinski definition) is 3. The molecule has 1 aromatic rings. The summed E-state index contributed by atoms with van der Waals surface area (Å²) < 4.78 is 10.4. The summed E-state index contributed by atoms with van der Waals surface area (Å²) in [5, 5.41) is 24.8. The number of ether oxygens (including phenoxy) is 2. The predicted octanol–water partition coefficient (Wildman–Crippen LogP) is 2.47. The lowest BCUT2D eigenvalue weighted by atomic mass is 9.75. The lowest BCUT2D eigenvalue weighted by molar-refractivity contribution is -0.385. The van der Waals surface area contributed by atoms with Crippen molar-refractivity contribution in [3.63, 3.8) is 0 Å². The van der Waals surface area contributed by atoms with E-state index in [1.165, 1.54) is 43.0 Å². The zero-order valence-corrected chi connectivity index (χ0v) is 20.8. The number of nitrogens with zero attached hydrogens (tertiary/aromatic N) is 1. The Morgan fingerprint density at radius 3 is 2.26 bits per heavy atom. The van der Waals surface area contributed by atoms with Crippen molar-refractivity contribution in [2.45, 2.75) is 38.6 Å². The fourth-order valence-electron chi connectivity index (χ4n) is 3.90. The van der Waals surface area contributed by atoms with E-state index in [0.29, 0.717) is 5.75 Å². The molecule has 0 aromatic heterocycles. The van der Waals surface area contributed by atoms with E-state index in [-0.39, 0.29) is 53.4 Å². The molecule has 190 valence electrons. The van der Waals surface area contributed by atoms with Gasteiger partial charge in [-0.05, 0) is 39.2 Å². The minimum absolute atomic E-state index is 0.000406. The topological polar surface area (TPSA) is 171 Å². The Bertz CT molecular complexity index is 1080. The smallest absolute Gasteiger partial charge is 0.336 e. The first-order chi connectivity index (χ1) is 16.5. The quantitative estimate of drug-likeness (QED) is 0.228. The molecule has 2 rings (SSSR count). The van der Waals surface area contributed by atoms with Gasteiger partial charge in [0.2, 0.25) is 0 Å². The number of carbonyl (C=O) groups is 3. The fraction of sp³-hybridized carbons (Fsp3) is 0.435. The number of hydrogen-bond acceptors (Lipinski definition) is 10. The first kappa shape index (κ1) is 27.9. The highest BCUT2D eigenvalue weighted by Gasteiger charge is 2.49. The Labute approximate surface area is 206 Å². The Morgan fingerprint density at radius 1 is 1.17 bits per heavy atom. The van der Waals surface area contributed by atoms with Crippen molar-refractivity contribution < 1.29 is 33.9 Å². The monoisotopic (exact) mass is 507 g/mol. The zero-order chi connectivity index (χ0) is 26.3. The summed E-state index contributed by atoms with van der Waals surface area (Å²) in [6.07, 6.45) is 1.71. The number of nitrogens with two attached hydrogens (primary N) is 1. The van der Waals surface area contributed by atoms with Crippen LogP contribution in [0.5, 0.6) is 0 Å². The fourth-order valence-corrected chi connectivity index (χ4v) is 4.42. The van der Waals surface area contributed by atoms with Crippen molar-refractivity contribution in [1.82, 2.24) is 5.32 Å². The van der Waals surface area contributed by atoms with Gasteiger partial charge in [0.15, 0.2) is 5.54 Å². The van der Waals surface area contributed by atoms with Crippen molar-refractivity contribution in [2.24, 2.45) is 5.73 Å². The van der Waals surface area contributed by atoms with E-state index in [4.69, 9.17) is 15.2 Å². The van der Waals surface area contributed by atoms with Crippen molar-refractivity contribution in [3.05, 3.63) is 62.5 Å². The number of allylic oxidation sites excluding steroid dienone is 1. The molecule has 0 fully saturated rings. The predicted molar refractivity (Wildman–Crippen MR) is 130 cm³/mol. The summed E-state index contributed by atoms with van der Waals surface area (Å²) in [5.74, 6) is -4.20. The van der Waals surface area contributed by atoms with E-state index in [9.17, 15) is 29.6 Å². The lowest BCUT2D eigenvalue weighted by Gasteiger charge is -2.37. The highest BCUT2D eigenvalue weighted by atomic mass is 32.2. The molecule has 4 N–H and O–H groups in total. The van der Waals surface area contributed by atoms with Crippen molar-refractivity contribution in [2.75, 3.05) is 25.2 Å². The Morgan fingerprint density at radius 2 is 1.74 bits per heavy atom. The van der Waals surface area contributed by atoms with Crippen LogP contribution in [0.4, 0.5) is 5.69 Å². The summed E-state index contributed by atoms with van der Waals surface area (Å²) in [7, 11) is 0. The number of benzene rings is 1. The number of para-hydroxylation sites is 1. The van der Waals surface area contributed by atoms with E-state index in [2.05, 4.69) is 5.32 Å². The average Bonchev–Trinajstić information content (AvgIpc) is 2.81. The third-order valence-corrected chi connectivity index (χ3v) is 6.14. The number of carboxylic acid groups (broad SMARTS) is 1. The SMILES string of the molecule is CCOC(=O)C1=C(C)NC(C(N)(CCSC)C(=O)O)=C(C(=O)OCC)C1c1ccccc1[N+](=O)[O-]. The zero-order valence-electron chi connectivity index (χ0n) is 20.0. The van der Waals surface area contributed by atoms with Crippen molar-refractivity contribution >= 4 is 35.4 Å². The Kier molecular flexibility index (Phi) is 9.43. The largest absolute Gasteiger partial charge is 0.480 e. The van der Waals surface area contributed by atoms with Gasteiger partial charge >= 0.3 is 17.9 Å².